The first-order valence-corrected chi connectivity index (χ1v) is 28.9. The van der Waals surface area contributed by atoms with Gasteiger partial charge in [0.15, 0.2) is 29.6 Å². The fraction of sp³-hybridized carbons (Fsp3) is 0.538. The molecule has 4 aromatic carbocycles. The summed E-state index contributed by atoms with van der Waals surface area (Å²) in [5, 5.41) is 0. The van der Waals surface area contributed by atoms with Crippen molar-refractivity contribution >= 4 is 41.1 Å². The summed E-state index contributed by atoms with van der Waals surface area (Å²) in [4.78, 5) is 9.38. The first-order chi connectivity index (χ1) is 36.2. The lowest BCUT2D eigenvalue weighted by molar-refractivity contribution is -0.153. The van der Waals surface area contributed by atoms with Crippen LogP contribution in [-0.4, -0.2) is 157 Å². The number of para-hydroxylation sites is 4. The summed E-state index contributed by atoms with van der Waals surface area (Å²) < 4.78 is 144. The summed E-state index contributed by atoms with van der Waals surface area (Å²) in [6, 6.07) is 24.2. The van der Waals surface area contributed by atoms with Gasteiger partial charge in [-0.1, -0.05) is 24.3 Å². The quantitative estimate of drug-likeness (QED) is 0.0761. The number of rotatable bonds is 17. The number of nitrogens with zero attached hydrogens (tertiary/aromatic N) is 4. The maximum atomic E-state index is 13.0. The van der Waals surface area contributed by atoms with Crippen molar-refractivity contribution in [2.24, 2.45) is 5.73 Å². The number of benzene rings is 4. The van der Waals surface area contributed by atoms with Crippen molar-refractivity contribution in [3.8, 4) is 34.5 Å². The zero-order valence-corrected chi connectivity index (χ0v) is 45.6. The van der Waals surface area contributed by atoms with Crippen LogP contribution in [0.3, 0.4) is 0 Å². The number of hydrogen-bond donors (Lipinski definition) is 2. The highest BCUT2D eigenvalue weighted by atomic mass is 35.7. The number of methoxy groups -OCH3 is 4. The van der Waals surface area contributed by atoms with Gasteiger partial charge < -0.3 is 44.0 Å². The molecular formula is C52H70ClF5N6O10S2. The lowest BCUT2D eigenvalue weighted by Gasteiger charge is -2.43. The molecule has 76 heavy (non-hydrogen) atoms. The molecule has 2 heterocycles. The molecule has 2 aliphatic carbocycles. The van der Waals surface area contributed by atoms with Crippen LogP contribution in [0.25, 0.3) is 0 Å². The van der Waals surface area contributed by atoms with Crippen molar-refractivity contribution in [2.75, 3.05) is 104 Å². The van der Waals surface area contributed by atoms with Crippen molar-refractivity contribution in [2.45, 2.75) is 97.9 Å². The Morgan fingerprint density at radius 3 is 1.43 bits per heavy atom. The Morgan fingerprint density at radius 1 is 0.579 bits per heavy atom. The van der Waals surface area contributed by atoms with Crippen LogP contribution in [0.5, 0.6) is 34.5 Å². The molecule has 3 N–H and O–H groups in total. The molecule has 0 spiro atoms. The number of halogens is 6. The average Bonchev–Trinajstić information content (AvgIpc) is 3.42. The van der Waals surface area contributed by atoms with E-state index in [1.807, 2.05) is 18.2 Å². The topological polar surface area (TPSA) is 175 Å². The van der Waals surface area contributed by atoms with Gasteiger partial charge >= 0.3 is 6.18 Å². The summed E-state index contributed by atoms with van der Waals surface area (Å²) in [5.74, 6) is 2.39. The van der Waals surface area contributed by atoms with E-state index in [4.69, 9.17) is 44.8 Å². The maximum Gasteiger partial charge on any atom is 0.422 e. The Balaban J connectivity index is 0.000000209. The lowest BCUT2D eigenvalue weighted by atomic mass is 9.90. The molecule has 4 aliphatic rings. The van der Waals surface area contributed by atoms with Gasteiger partial charge in [-0.2, -0.15) is 13.2 Å². The van der Waals surface area contributed by atoms with Crippen molar-refractivity contribution in [3.05, 3.63) is 84.9 Å². The largest absolute Gasteiger partial charge is 0.493 e. The van der Waals surface area contributed by atoms with Crippen molar-refractivity contribution < 1.29 is 67.2 Å². The van der Waals surface area contributed by atoms with E-state index in [-0.39, 0.29) is 21.6 Å². The molecule has 0 atom stereocenters. The number of alkyl halides is 5. The molecule has 422 valence electrons. The molecular weight excluding hydrogens is 1060 g/mol. The van der Waals surface area contributed by atoms with Crippen LogP contribution >= 0.6 is 10.7 Å². The third-order valence-corrected chi connectivity index (χ3v) is 16.8. The second-order valence-electron chi connectivity index (χ2n) is 18.8. The molecule has 8 rings (SSSR count). The SMILES string of the molecule is COc1ccc(S(=O)(=O)Cl)cc1OC.COc1ccc(S(=O)(=O)NC2CCC(N3CCN(c4ccccc4OCC(F)(F)F)CC3)CC2)cc1OC.NC1CCC(N2CCN(c3ccccc3OCC(F)F)CC2)CC1. The lowest BCUT2D eigenvalue weighted by Crippen LogP contribution is -2.52. The Morgan fingerprint density at radius 2 is 1.00 bits per heavy atom. The fourth-order valence-corrected chi connectivity index (χ4v) is 12.0. The number of sulfonamides is 1. The zero-order valence-electron chi connectivity index (χ0n) is 43.2. The molecule has 24 heteroatoms. The van der Waals surface area contributed by atoms with Crippen LogP contribution in [0.4, 0.5) is 33.3 Å². The van der Waals surface area contributed by atoms with Crippen LogP contribution in [-0.2, 0) is 19.1 Å². The van der Waals surface area contributed by atoms with Crippen LogP contribution in [0, 0.1) is 0 Å². The molecule has 4 aromatic rings. The molecule has 0 bridgehead atoms. The van der Waals surface area contributed by atoms with Gasteiger partial charge in [-0.15, -0.1) is 0 Å². The second kappa shape index (κ2) is 28.0. The Bertz CT molecular complexity index is 2670. The number of nitrogens with two attached hydrogens (primary N) is 1. The summed E-state index contributed by atoms with van der Waals surface area (Å²) in [7, 11) is 3.57. The Hall–Kier alpha value is -5.04. The summed E-state index contributed by atoms with van der Waals surface area (Å²) in [6.07, 6.45) is 0.966. The van der Waals surface area contributed by atoms with E-state index in [1.54, 1.807) is 36.4 Å². The summed E-state index contributed by atoms with van der Waals surface area (Å²) >= 11 is 0. The number of piperazine rings is 2. The van der Waals surface area contributed by atoms with Crippen molar-refractivity contribution in [1.82, 2.24) is 14.5 Å². The zero-order chi connectivity index (χ0) is 55.0. The summed E-state index contributed by atoms with van der Waals surface area (Å²) in [6.45, 7) is 4.85. The molecule has 0 amide bonds. The first-order valence-electron chi connectivity index (χ1n) is 25.1. The minimum absolute atomic E-state index is 0.0168. The van der Waals surface area contributed by atoms with Gasteiger partial charge in [-0.05, 0) is 99.9 Å². The van der Waals surface area contributed by atoms with Crippen LogP contribution in [0.2, 0.25) is 0 Å². The number of nitrogens with one attached hydrogen (secondary N) is 1. The number of ether oxygens (including phenoxy) is 6. The molecule has 0 unspecified atom stereocenters. The van der Waals surface area contributed by atoms with Crippen LogP contribution in [0.15, 0.2) is 94.7 Å². The van der Waals surface area contributed by atoms with Gasteiger partial charge in [-0.3, -0.25) is 9.80 Å². The highest BCUT2D eigenvalue weighted by Crippen LogP contribution is 2.35. The van der Waals surface area contributed by atoms with Crippen molar-refractivity contribution in [1.29, 1.82) is 0 Å². The minimum Gasteiger partial charge on any atom is -0.493 e. The average molecular weight is 1130 g/mol. The van der Waals surface area contributed by atoms with E-state index in [0.717, 1.165) is 83.5 Å². The van der Waals surface area contributed by atoms with Gasteiger partial charge in [0.25, 0.3) is 15.5 Å². The van der Waals surface area contributed by atoms with Gasteiger partial charge in [0.2, 0.25) is 10.0 Å². The monoisotopic (exact) mass is 1130 g/mol. The minimum atomic E-state index is -4.39. The Labute approximate surface area is 447 Å². The van der Waals surface area contributed by atoms with E-state index >= 15 is 0 Å². The van der Waals surface area contributed by atoms with Gasteiger partial charge in [0.1, 0.15) is 18.1 Å². The predicted molar refractivity (Wildman–Crippen MR) is 282 cm³/mol. The summed E-state index contributed by atoms with van der Waals surface area (Å²) in [5.41, 5.74) is 7.59. The molecule has 2 saturated carbocycles. The highest BCUT2D eigenvalue weighted by molar-refractivity contribution is 8.13. The van der Waals surface area contributed by atoms with Gasteiger partial charge in [0.05, 0.1) is 49.6 Å². The predicted octanol–water partition coefficient (Wildman–Crippen LogP) is 8.41. The number of anilines is 2. The van der Waals surface area contributed by atoms with Crippen LogP contribution < -0.4 is 48.7 Å². The van der Waals surface area contributed by atoms with Crippen molar-refractivity contribution in [3.63, 3.8) is 0 Å². The van der Waals surface area contributed by atoms with E-state index in [0.29, 0.717) is 65.6 Å². The molecule has 4 fully saturated rings. The van der Waals surface area contributed by atoms with E-state index < -0.39 is 44.9 Å². The van der Waals surface area contributed by atoms with Crippen LogP contribution in [0.1, 0.15) is 51.4 Å². The molecule has 2 aliphatic heterocycles. The van der Waals surface area contributed by atoms with Gasteiger partial charge in [-0.25, -0.2) is 30.3 Å². The van der Waals surface area contributed by atoms with E-state index in [2.05, 4.69) is 24.3 Å². The second-order valence-corrected chi connectivity index (χ2v) is 23.0. The smallest absolute Gasteiger partial charge is 0.422 e. The molecule has 2 saturated heterocycles. The normalized spacial score (nSPS) is 20.8. The van der Waals surface area contributed by atoms with E-state index in [1.165, 1.54) is 71.6 Å². The van der Waals surface area contributed by atoms with Gasteiger partial charge in [0, 0.05) is 99.3 Å². The third kappa shape index (κ3) is 17.5. The molecule has 0 radical (unpaired) electrons. The number of hydrogen-bond acceptors (Lipinski definition) is 15. The highest BCUT2D eigenvalue weighted by Gasteiger charge is 2.33. The first kappa shape index (κ1) is 60.2. The fourth-order valence-electron chi connectivity index (χ4n) is 9.91. The standard InChI is InChI=1S/C26H34F3N3O5S.C18H27F2N3O.C8H9ClO4S/c1-35-24-12-11-21(17-25(24)36-2)38(33,34)30-19-7-9-20(10-8-19)31-13-15-32(16-14-31)22-5-3-4-6-23(22)37-18-26(27,28)29;19-18(20)13-24-17-4-2-1-3-16(17)23-11-9-22(10-12-23)15-7-5-14(21)6-8-15;1-12-7-4-3-6(14(9,10)11)5-8(7)13-2/h3-6,11-12,17,19-20,30H,7-10,13-16,18H2,1-2H3;1-4,14-15,18H,5-13,21H2;3-5H,1-2H3. The van der Waals surface area contributed by atoms with E-state index in [9.17, 15) is 38.8 Å². The maximum absolute atomic E-state index is 13.0. The Kier molecular flexibility index (Phi) is 22.2. The molecule has 0 aromatic heterocycles. The third-order valence-electron chi connectivity index (χ3n) is 13.9. The molecule has 16 nitrogen and oxygen atoms in total.